The first kappa shape index (κ1) is 17.2. The largest absolute Gasteiger partial charge is 0.325 e. The molecular weight excluding hydrogens is 312 g/mol. The molecule has 0 unspecified atom stereocenters. The second kappa shape index (κ2) is 6.93. The Morgan fingerprint density at radius 1 is 1.04 bits per heavy atom. The van der Waals surface area contributed by atoms with Gasteiger partial charge in [-0.15, -0.1) is 0 Å². The Hall–Kier alpha value is -2.18. The number of amides is 1. The van der Waals surface area contributed by atoms with Crippen LogP contribution in [0.4, 0.5) is 5.69 Å². The van der Waals surface area contributed by atoms with Crippen LogP contribution in [-0.2, 0) is 14.8 Å². The predicted octanol–water partition coefficient (Wildman–Crippen LogP) is 2.56. The summed E-state index contributed by atoms with van der Waals surface area (Å²) < 4.78 is 26.0. The van der Waals surface area contributed by atoms with Gasteiger partial charge in [-0.3, -0.25) is 4.79 Å². The Morgan fingerprint density at radius 3 is 2.30 bits per heavy atom. The number of anilines is 1. The second-order valence-electron chi connectivity index (χ2n) is 5.49. The fraction of sp³-hybridized carbons (Fsp3) is 0.235. The zero-order chi connectivity index (χ0) is 17.0. The minimum absolute atomic E-state index is 0.183. The Balaban J connectivity index is 2.06. The van der Waals surface area contributed by atoms with Gasteiger partial charge in [0.1, 0.15) is 0 Å². The molecular formula is C17H20N2O3S. The Kier molecular flexibility index (Phi) is 5.18. The van der Waals surface area contributed by atoms with Crippen LogP contribution in [0.15, 0.2) is 53.4 Å². The maximum absolute atomic E-state index is 12.5. The molecule has 0 heterocycles. The zero-order valence-corrected chi connectivity index (χ0v) is 14.2. The molecule has 23 heavy (non-hydrogen) atoms. The van der Waals surface area contributed by atoms with Crippen LogP contribution in [0.3, 0.4) is 0 Å². The SMILES string of the molecule is Cc1ccc(NC(=O)CN(C)S(=O)(=O)c2cccc(C)c2)cc1. The van der Waals surface area contributed by atoms with Crippen molar-refractivity contribution in [3.05, 3.63) is 59.7 Å². The minimum Gasteiger partial charge on any atom is -0.325 e. The normalized spacial score (nSPS) is 11.5. The van der Waals surface area contributed by atoms with E-state index < -0.39 is 10.0 Å². The van der Waals surface area contributed by atoms with Crippen LogP contribution in [-0.4, -0.2) is 32.2 Å². The highest BCUT2D eigenvalue weighted by Crippen LogP contribution is 2.16. The molecule has 122 valence electrons. The molecule has 0 aliphatic rings. The van der Waals surface area contributed by atoms with Gasteiger partial charge in [0.05, 0.1) is 11.4 Å². The lowest BCUT2D eigenvalue weighted by Gasteiger charge is -2.17. The number of carbonyl (C=O) groups excluding carboxylic acids is 1. The monoisotopic (exact) mass is 332 g/mol. The lowest BCUT2D eigenvalue weighted by molar-refractivity contribution is -0.116. The highest BCUT2D eigenvalue weighted by molar-refractivity contribution is 7.89. The topological polar surface area (TPSA) is 66.5 Å². The first-order valence-electron chi connectivity index (χ1n) is 7.18. The number of benzene rings is 2. The van der Waals surface area contributed by atoms with Gasteiger partial charge in [-0.05, 0) is 43.7 Å². The van der Waals surface area contributed by atoms with Crippen LogP contribution in [0, 0.1) is 13.8 Å². The summed E-state index contributed by atoms with van der Waals surface area (Å²) in [6.45, 7) is 3.53. The molecule has 2 aromatic rings. The molecule has 0 aliphatic carbocycles. The third-order valence-corrected chi connectivity index (χ3v) is 5.20. The number of hydrogen-bond acceptors (Lipinski definition) is 3. The summed E-state index contributed by atoms with van der Waals surface area (Å²) in [5, 5.41) is 2.69. The van der Waals surface area contributed by atoms with Crippen molar-refractivity contribution in [1.82, 2.24) is 4.31 Å². The van der Waals surface area contributed by atoms with Gasteiger partial charge in [0.2, 0.25) is 15.9 Å². The zero-order valence-electron chi connectivity index (χ0n) is 13.4. The lowest BCUT2D eigenvalue weighted by Crippen LogP contribution is -2.35. The summed E-state index contributed by atoms with van der Waals surface area (Å²) >= 11 is 0. The standard InChI is InChI=1S/C17H20N2O3S/c1-13-7-9-15(10-8-13)18-17(20)12-19(3)23(21,22)16-6-4-5-14(2)11-16/h4-11H,12H2,1-3H3,(H,18,20). The van der Waals surface area contributed by atoms with E-state index in [1.54, 1.807) is 24.3 Å². The molecule has 6 heteroatoms. The van der Waals surface area contributed by atoms with Crippen molar-refractivity contribution >= 4 is 21.6 Å². The van der Waals surface area contributed by atoms with E-state index in [-0.39, 0.29) is 17.3 Å². The summed E-state index contributed by atoms with van der Waals surface area (Å²) in [7, 11) is -2.29. The van der Waals surface area contributed by atoms with Crippen molar-refractivity contribution in [3.63, 3.8) is 0 Å². The van der Waals surface area contributed by atoms with Gasteiger partial charge in [-0.25, -0.2) is 8.42 Å². The van der Waals surface area contributed by atoms with Gasteiger partial charge in [-0.1, -0.05) is 29.8 Å². The maximum Gasteiger partial charge on any atom is 0.243 e. The van der Waals surface area contributed by atoms with Gasteiger partial charge < -0.3 is 5.32 Å². The average molecular weight is 332 g/mol. The van der Waals surface area contributed by atoms with Crippen LogP contribution in [0.5, 0.6) is 0 Å². The number of aryl methyl sites for hydroxylation is 2. The van der Waals surface area contributed by atoms with Gasteiger partial charge in [0, 0.05) is 12.7 Å². The molecule has 0 bridgehead atoms. The Morgan fingerprint density at radius 2 is 1.70 bits per heavy atom. The van der Waals surface area contributed by atoms with Gasteiger partial charge >= 0.3 is 0 Å². The number of carbonyl (C=O) groups is 1. The van der Waals surface area contributed by atoms with Crippen LogP contribution >= 0.6 is 0 Å². The number of sulfonamides is 1. The Labute approximate surface area is 137 Å². The predicted molar refractivity (Wildman–Crippen MR) is 90.8 cm³/mol. The molecule has 0 fully saturated rings. The molecule has 0 saturated carbocycles. The molecule has 0 aromatic heterocycles. The number of rotatable bonds is 5. The summed E-state index contributed by atoms with van der Waals surface area (Å²) in [5.41, 5.74) is 2.58. The number of hydrogen-bond donors (Lipinski definition) is 1. The maximum atomic E-state index is 12.5. The molecule has 1 amide bonds. The number of nitrogens with zero attached hydrogens (tertiary/aromatic N) is 1. The number of likely N-dealkylation sites (N-methyl/N-ethyl adjacent to an activating group) is 1. The van der Waals surface area contributed by atoms with Crippen LogP contribution < -0.4 is 5.32 Å². The lowest BCUT2D eigenvalue weighted by atomic mass is 10.2. The fourth-order valence-electron chi connectivity index (χ4n) is 2.08. The van der Waals surface area contributed by atoms with Gasteiger partial charge in [0.15, 0.2) is 0 Å². The van der Waals surface area contributed by atoms with E-state index in [1.807, 2.05) is 32.0 Å². The smallest absolute Gasteiger partial charge is 0.243 e. The van der Waals surface area contributed by atoms with Crippen LogP contribution in [0.2, 0.25) is 0 Å². The molecule has 2 aromatic carbocycles. The van der Waals surface area contributed by atoms with E-state index in [2.05, 4.69) is 5.32 Å². The fourth-order valence-corrected chi connectivity index (χ4v) is 3.31. The molecule has 0 aliphatic heterocycles. The van der Waals surface area contributed by atoms with E-state index in [4.69, 9.17) is 0 Å². The van der Waals surface area contributed by atoms with Gasteiger partial charge in [-0.2, -0.15) is 4.31 Å². The molecule has 1 N–H and O–H groups in total. The van der Waals surface area contributed by atoms with Gasteiger partial charge in [0.25, 0.3) is 0 Å². The molecule has 2 rings (SSSR count). The highest BCUT2D eigenvalue weighted by Gasteiger charge is 2.22. The summed E-state index contributed by atoms with van der Waals surface area (Å²) in [6, 6.07) is 13.9. The van der Waals surface area contributed by atoms with Crippen molar-refractivity contribution in [3.8, 4) is 0 Å². The minimum atomic E-state index is -3.68. The average Bonchev–Trinajstić information content (AvgIpc) is 2.49. The third-order valence-electron chi connectivity index (χ3n) is 3.40. The Bertz CT molecular complexity index is 799. The van der Waals surface area contributed by atoms with Crippen molar-refractivity contribution in [2.24, 2.45) is 0 Å². The van der Waals surface area contributed by atoms with E-state index >= 15 is 0 Å². The van der Waals surface area contributed by atoms with Crippen molar-refractivity contribution in [2.75, 3.05) is 18.9 Å². The van der Waals surface area contributed by atoms with Crippen molar-refractivity contribution in [1.29, 1.82) is 0 Å². The quantitative estimate of drug-likeness (QED) is 0.915. The van der Waals surface area contributed by atoms with Crippen LogP contribution in [0.25, 0.3) is 0 Å². The van der Waals surface area contributed by atoms with E-state index in [0.717, 1.165) is 15.4 Å². The van der Waals surface area contributed by atoms with Crippen molar-refractivity contribution in [2.45, 2.75) is 18.7 Å². The van der Waals surface area contributed by atoms with E-state index in [0.29, 0.717) is 5.69 Å². The summed E-state index contributed by atoms with van der Waals surface area (Å²) in [5.74, 6) is -0.382. The first-order chi connectivity index (χ1) is 10.8. The summed E-state index contributed by atoms with van der Waals surface area (Å²) in [6.07, 6.45) is 0. The van der Waals surface area contributed by atoms with E-state index in [1.165, 1.54) is 13.1 Å². The molecule has 0 radical (unpaired) electrons. The molecule has 5 nitrogen and oxygen atoms in total. The van der Waals surface area contributed by atoms with Crippen molar-refractivity contribution < 1.29 is 13.2 Å². The van der Waals surface area contributed by atoms with E-state index in [9.17, 15) is 13.2 Å². The molecule has 0 atom stereocenters. The second-order valence-corrected chi connectivity index (χ2v) is 7.54. The third kappa shape index (κ3) is 4.40. The summed E-state index contributed by atoms with van der Waals surface area (Å²) in [4.78, 5) is 12.2. The van der Waals surface area contributed by atoms with Crippen LogP contribution in [0.1, 0.15) is 11.1 Å². The first-order valence-corrected chi connectivity index (χ1v) is 8.62. The molecule has 0 saturated heterocycles. The molecule has 0 spiro atoms. The number of nitrogens with one attached hydrogen (secondary N) is 1. The highest BCUT2D eigenvalue weighted by atomic mass is 32.2.